The summed E-state index contributed by atoms with van der Waals surface area (Å²) in [6.45, 7) is 6.91. The topological polar surface area (TPSA) is 65.1 Å². The third-order valence-electron chi connectivity index (χ3n) is 7.54. The van der Waals surface area contributed by atoms with Crippen molar-refractivity contribution in [2.24, 2.45) is 0 Å². The molecule has 1 aliphatic heterocycles. The lowest BCUT2D eigenvalue weighted by molar-refractivity contribution is -0.179. The minimum absolute atomic E-state index is 0.129. The highest BCUT2D eigenvalue weighted by molar-refractivity contribution is 5.96. The minimum Gasteiger partial charge on any atom is -0.427 e. The molecule has 6 heteroatoms. The number of ether oxygens (including phenoxy) is 2. The van der Waals surface area contributed by atoms with Gasteiger partial charge in [0.15, 0.2) is 5.78 Å². The van der Waals surface area contributed by atoms with Gasteiger partial charge in [0.2, 0.25) is 0 Å². The summed E-state index contributed by atoms with van der Waals surface area (Å²) >= 11 is 0. The summed E-state index contributed by atoms with van der Waals surface area (Å²) in [6, 6.07) is 32.6. The Kier molecular flexibility index (Phi) is 9.35. The van der Waals surface area contributed by atoms with Gasteiger partial charge in [-0.25, -0.2) is 4.79 Å². The second-order valence-corrected chi connectivity index (χ2v) is 11.9. The molecule has 1 saturated heterocycles. The SMILES string of the molecule is CC(C)(C)OC(=O)ON1CCC(c2ccc(CCC(=O)c3ccccc3)cc2)C(OCc2ccc3ccccc3c2)C1. The Balaban J connectivity index is 1.26. The van der Waals surface area contributed by atoms with E-state index >= 15 is 0 Å². The van der Waals surface area contributed by atoms with Gasteiger partial charge in [0.05, 0.1) is 19.3 Å². The van der Waals surface area contributed by atoms with Crippen molar-refractivity contribution < 1.29 is 23.9 Å². The predicted octanol–water partition coefficient (Wildman–Crippen LogP) is 7.90. The van der Waals surface area contributed by atoms with Crippen molar-refractivity contribution in [2.45, 2.75) is 64.3 Å². The third kappa shape index (κ3) is 8.05. The Morgan fingerprint density at radius 2 is 1.52 bits per heavy atom. The van der Waals surface area contributed by atoms with Gasteiger partial charge >= 0.3 is 6.16 Å². The molecule has 0 radical (unpaired) electrons. The molecule has 1 aliphatic rings. The number of Topliss-reactive ketones (excluding diaryl/α,β-unsaturated/α-hetero) is 1. The van der Waals surface area contributed by atoms with Gasteiger partial charge in [0.25, 0.3) is 0 Å². The zero-order valence-electron chi connectivity index (χ0n) is 24.6. The Morgan fingerprint density at radius 3 is 2.26 bits per heavy atom. The van der Waals surface area contributed by atoms with E-state index in [2.05, 4.69) is 54.6 Å². The number of fused-ring (bicyclic) bond motifs is 1. The first kappa shape index (κ1) is 29.5. The van der Waals surface area contributed by atoms with Gasteiger partial charge in [0.1, 0.15) is 5.60 Å². The van der Waals surface area contributed by atoms with Gasteiger partial charge in [-0.15, -0.1) is 5.06 Å². The zero-order valence-corrected chi connectivity index (χ0v) is 24.6. The van der Waals surface area contributed by atoms with E-state index in [0.29, 0.717) is 32.5 Å². The van der Waals surface area contributed by atoms with E-state index in [0.717, 1.165) is 23.1 Å². The summed E-state index contributed by atoms with van der Waals surface area (Å²) in [5, 5.41) is 4.02. The fourth-order valence-corrected chi connectivity index (χ4v) is 5.38. The molecule has 5 rings (SSSR count). The maximum atomic E-state index is 12.6. The van der Waals surface area contributed by atoms with E-state index in [1.807, 2.05) is 63.2 Å². The maximum Gasteiger partial charge on any atom is 0.528 e. The first-order valence-corrected chi connectivity index (χ1v) is 14.7. The number of ketones is 1. The van der Waals surface area contributed by atoms with E-state index in [4.69, 9.17) is 14.3 Å². The fraction of sp³-hybridized carbons (Fsp3) is 0.333. The second-order valence-electron chi connectivity index (χ2n) is 11.9. The normalized spacial score (nSPS) is 17.6. The molecule has 1 heterocycles. The molecule has 0 aliphatic carbocycles. The van der Waals surface area contributed by atoms with Crippen molar-refractivity contribution in [1.29, 1.82) is 0 Å². The first-order chi connectivity index (χ1) is 20.2. The van der Waals surface area contributed by atoms with Crippen molar-refractivity contribution in [3.8, 4) is 0 Å². The molecular formula is C36H39NO5. The minimum atomic E-state index is -0.705. The molecule has 1 fully saturated rings. The van der Waals surface area contributed by atoms with Crippen LogP contribution in [0.2, 0.25) is 0 Å². The van der Waals surface area contributed by atoms with Gasteiger partial charge in [-0.05, 0) is 67.1 Å². The van der Waals surface area contributed by atoms with Crippen molar-refractivity contribution in [3.63, 3.8) is 0 Å². The van der Waals surface area contributed by atoms with Crippen LogP contribution in [0.1, 0.15) is 66.6 Å². The standard InChI is InChI=1S/C36H39NO5/c1-36(2,3)41-35(39)42-37-22-21-32(34(24-37)40-25-27-15-17-28-9-7-8-12-31(28)23-27)29-18-13-26(14-19-29)16-20-33(38)30-10-5-4-6-11-30/h4-15,17-19,23,32,34H,16,20-22,24-25H2,1-3H3. The quantitative estimate of drug-likeness (QED) is 0.152. The molecule has 0 bridgehead atoms. The number of hydroxylamine groups is 2. The number of nitrogens with zero attached hydrogens (tertiary/aromatic N) is 1. The highest BCUT2D eigenvalue weighted by atomic mass is 16.8. The molecule has 2 unspecified atom stereocenters. The van der Waals surface area contributed by atoms with Crippen LogP contribution in [0.15, 0.2) is 97.1 Å². The number of piperidine rings is 1. The van der Waals surface area contributed by atoms with E-state index < -0.39 is 11.8 Å². The molecule has 0 N–H and O–H groups in total. The lowest BCUT2D eigenvalue weighted by atomic mass is 9.86. The molecular weight excluding hydrogens is 526 g/mol. The molecule has 0 amide bonds. The highest BCUT2D eigenvalue weighted by Gasteiger charge is 2.34. The number of carbonyl (C=O) groups is 2. The van der Waals surface area contributed by atoms with Gasteiger partial charge in [-0.3, -0.25) is 4.79 Å². The molecule has 42 heavy (non-hydrogen) atoms. The second kappa shape index (κ2) is 13.3. The average Bonchev–Trinajstić information content (AvgIpc) is 2.98. The lowest BCUT2D eigenvalue weighted by Crippen LogP contribution is -2.45. The van der Waals surface area contributed by atoms with E-state index in [9.17, 15) is 9.59 Å². The monoisotopic (exact) mass is 565 g/mol. The summed E-state index contributed by atoms with van der Waals surface area (Å²) in [5.41, 5.74) is 3.52. The molecule has 4 aromatic rings. The number of aryl methyl sites for hydroxylation is 1. The lowest BCUT2D eigenvalue weighted by Gasteiger charge is -2.37. The maximum absolute atomic E-state index is 12.6. The summed E-state index contributed by atoms with van der Waals surface area (Å²) in [6.07, 6.45) is 1.03. The molecule has 4 aromatic carbocycles. The van der Waals surface area contributed by atoms with Crippen LogP contribution >= 0.6 is 0 Å². The summed E-state index contributed by atoms with van der Waals surface area (Å²) in [7, 11) is 0. The predicted molar refractivity (Wildman–Crippen MR) is 164 cm³/mol. The number of hydrogen-bond donors (Lipinski definition) is 0. The van der Waals surface area contributed by atoms with Gasteiger partial charge in [-0.1, -0.05) is 91.0 Å². The van der Waals surface area contributed by atoms with Crippen LogP contribution in [0.5, 0.6) is 0 Å². The van der Waals surface area contributed by atoms with E-state index in [1.54, 1.807) is 5.06 Å². The zero-order chi connectivity index (χ0) is 29.5. The Bertz CT molecular complexity index is 1490. The third-order valence-corrected chi connectivity index (χ3v) is 7.54. The van der Waals surface area contributed by atoms with Crippen LogP contribution in [0.4, 0.5) is 4.79 Å². The van der Waals surface area contributed by atoms with Crippen LogP contribution in [0.3, 0.4) is 0 Å². The van der Waals surface area contributed by atoms with Crippen LogP contribution in [0, 0.1) is 0 Å². The summed E-state index contributed by atoms with van der Waals surface area (Å²) in [4.78, 5) is 30.5. The molecule has 0 spiro atoms. The van der Waals surface area contributed by atoms with Crippen molar-refractivity contribution in [2.75, 3.05) is 13.1 Å². The number of carbonyl (C=O) groups excluding carboxylic acids is 2. The number of rotatable bonds is 9. The Morgan fingerprint density at radius 1 is 0.833 bits per heavy atom. The number of benzene rings is 4. The van der Waals surface area contributed by atoms with E-state index in [1.165, 1.54) is 16.3 Å². The van der Waals surface area contributed by atoms with Gasteiger partial charge < -0.3 is 14.3 Å². The molecule has 0 saturated carbocycles. The fourth-order valence-electron chi connectivity index (χ4n) is 5.38. The largest absolute Gasteiger partial charge is 0.528 e. The van der Waals surface area contributed by atoms with Crippen molar-refractivity contribution in [3.05, 3.63) is 119 Å². The van der Waals surface area contributed by atoms with Gasteiger partial charge in [0, 0.05) is 24.4 Å². The number of hydrogen-bond acceptors (Lipinski definition) is 6. The van der Waals surface area contributed by atoms with Crippen LogP contribution in [-0.2, 0) is 27.3 Å². The smallest absolute Gasteiger partial charge is 0.427 e. The molecule has 218 valence electrons. The summed E-state index contributed by atoms with van der Waals surface area (Å²) in [5.74, 6) is 0.281. The average molecular weight is 566 g/mol. The van der Waals surface area contributed by atoms with Crippen molar-refractivity contribution in [1.82, 2.24) is 5.06 Å². The van der Waals surface area contributed by atoms with Crippen LogP contribution in [-0.4, -0.2) is 41.8 Å². The van der Waals surface area contributed by atoms with Crippen LogP contribution < -0.4 is 0 Å². The highest BCUT2D eigenvalue weighted by Crippen LogP contribution is 2.32. The Labute approximate surface area is 248 Å². The van der Waals surface area contributed by atoms with Crippen molar-refractivity contribution >= 4 is 22.7 Å². The van der Waals surface area contributed by atoms with Gasteiger partial charge in [-0.2, -0.15) is 0 Å². The summed E-state index contributed by atoms with van der Waals surface area (Å²) < 4.78 is 11.9. The Hall–Kier alpha value is -4.00. The first-order valence-electron chi connectivity index (χ1n) is 14.7. The molecule has 2 atom stereocenters. The van der Waals surface area contributed by atoms with Crippen LogP contribution in [0.25, 0.3) is 10.8 Å². The molecule has 6 nitrogen and oxygen atoms in total. The van der Waals surface area contributed by atoms with E-state index in [-0.39, 0.29) is 17.8 Å². The molecule has 0 aromatic heterocycles.